The van der Waals surface area contributed by atoms with E-state index in [9.17, 15) is 9.18 Å². The molecule has 0 bridgehead atoms. The maximum Gasteiger partial charge on any atom is 0.223 e. The monoisotopic (exact) mass is 336 g/mol. The van der Waals surface area contributed by atoms with Crippen LogP contribution in [0, 0.1) is 11.7 Å². The first-order valence-corrected chi connectivity index (χ1v) is 8.97. The van der Waals surface area contributed by atoms with E-state index < -0.39 is 0 Å². The first kappa shape index (κ1) is 15.4. The minimum atomic E-state index is -0.361. The van der Waals surface area contributed by atoms with Crippen molar-refractivity contribution in [3.05, 3.63) is 34.6 Å². The van der Waals surface area contributed by atoms with Crippen LogP contribution in [0.25, 0.3) is 0 Å². The maximum atomic E-state index is 13.3. The summed E-state index contributed by atoms with van der Waals surface area (Å²) in [4.78, 5) is 16.9. The summed E-state index contributed by atoms with van der Waals surface area (Å²) in [5.74, 6) is 0.588. The molecule has 2 heterocycles. The van der Waals surface area contributed by atoms with Crippen LogP contribution < -0.4 is 0 Å². The van der Waals surface area contributed by atoms with Crippen LogP contribution in [0.2, 0.25) is 5.02 Å². The Morgan fingerprint density at radius 2 is 2.04 bits per heavy atom. The molecule has 124 valence electrons. The summed E-state index contributed by atoms with van der Waals surface area (Å²) in [7, 11) is 0. The van der Waals surface area contributed by atoms with Gasteiger partial charge in [-0.3, -0.25) is 9.69 Å². The van der Waals surface area contributed by atoms with Crippen LogP contribution in [0.5, 0.6) is 0 Å². The summed E-state index contributed by atoms with van der Waals surface area (Å²) in [6, 6.07) is 5.95. The van der Waals surface area contributed by atoms with Crippen molar-refractivity contribution in [2.24, 2.45) is 5.92 Å². The van der Waals surface area contributed by atoms with Crippen molar-refractivity contribution in [3.8, 4) is 0 Å². The molecule has 1 aromatic rings. The second-order valence-electron chi connectivity index (χ2n) is 7.17. The SMILES string of the molecule is O=C1CC[C@H]2CN(Cc3ccc(F)c(Cl)c3)CC[C@H]2N1C1CC1. The average molecular weight is 337 g/mol. The number of nitrogens with zero attached hydrogens (tertiary/aromatic N) is 2. The molecule has 2 atom stereocenters. The molecule has 0 spiro atoms. The lowest BCUT2D eigenvalue weighted by Gasteiger charge is -2.47. The van der Waals surface area contributed by atoms with Crippen LogP contribution in [0.1, 0.15) is 37.7 Å². The summed E-state index contributed by atoms with van der Waals surface area (Å²) in [6.45, 7) is 2.82. The normalized spacial score (nSPS) is 28.8. The lowest BCUT2D eigenvalue weighted by atomic mass is 9.83. The van der Waals surface area contributed by atoms with Crippen molar-refractivity contribution in [1.29, 1.82) is 0 Å². The number of fused-ring (bicyclic) bond motifs is 1. The van der Waals surface area contributed by atoms with Gasteiger partial charge in [0.1, 0.15) is 5.82 Å². The number of likely N-dealkylation sites (tertiary alicyclic amines) is 2. The molecule has 23 heavy (non-hydrogen) atoms. The molecular formula is C18H22ClFN2O. The number of amides is 1. The first-order chi connectivity index (χ1) is 11.1. The third kappa shape index (κ3) is 3.11. The van der Waals surface area contributed by atoms with Gasteiger partial charge in [0.25, 0.3) is 0 Å². The van der Waals surface area contributed by atoms with Gasteiger partial charge in [-0.15, -0.1) is 0 Å². The van der Waals surface area contributed by atoms with Crippen molar-refractivity contribution >= 4 is 17.5 Å². The fraction of sp³-hybridized carbons (Fsp3) is 0.611. The van der Waals surface area contributed by atoms with E-state index in [-0.39, 0.29) is 10.8 Å². The molecule has 1 aliphatic carbocycles. The molecule has 0 N–H and O–H groups in total. The molecule has 2 aliphatic heterocycles. The molecule has 0 unspecified atom stereocenters. The van der Waals surface area contributed by atoms with Gasteiger partial charge in [-0.05, 0) is 49.3 Å². The van der Waals surface area contributed by atoms with E-state index >= 15 is 0 Å². The molecule has 0 radical (unpaired) electrons. The van der Waals surface area contributed by atoms with Crippen LogP contribution in [0.3, 0.4) is 0 Å². The highest BCUT2D eigenvalue weighted by molar-refractivity contribution is 6.30. The van der Waals surface area contributed by atoms with Gasteiger partial charge >= 0.3 is 0 Å². The fourth-order valence-electron chi connectivity index (χ4n) is 4.23. The standard InChI is InChI=1S/C18H22ClFN2O/c19-15-9-12(1-5-16(15)20)10-21-8-7-17-13(11-21)2-6-18(23)22(17)14-3-4-14/h1,5,9,13-14,17H,2-4,6-8,10-11H2/t13-,17+/m0/s1. The summed E-state index contributed by atoms with van der Waals surface area (Å²) < 4.78 is 13.3. The molecule has 1 amide bonds. The number of rotatable bonds is 3. The fourth-order valence-corrected chi connectivity index (χ4v) is 4.44. The van der Waals surface area contributed by atoms with Crippen LogP contribution in [0.4, 0.5) is 4.39 Å². The predicted molar refractivity (Wildman–Crippen MR) is 87.7 cm³/mol. The van der Waals surface area contributed by atoms with E-state index in [0.29, 0.717) is 30.3 Å². The van der Waals surface area contributed by atoms with E-state index in [1.54, 1.807) is 6.07 Å². The number of carbonyl (C=O) groups is 1. The van der Waals surface area contributed by atoms with Gasteiger partial charge in [0, 0.05) is 38.1 Å². The van der Waals surface area contributed by atoms with E-state index in [4.69, 9.17) is 11.6 Å². The molecular weight excluding hydrogens is 315 g/mol. The molecule has 3 fully saturated rings. The Balaban J connectivity index is 1.42. The van der Waals surface area contributed by atoms with Crippen LogP contribution in [-0.4, -0.2) is 40.9 Å². The van der Waals surface area contributed by atoms with Crippen LogP contribution >= 0.6 is 11.6 Å². The molecule has 2 saturated heterocycles. The first-order valence-electron chi connectivity index (χ1n) is 8.59. The van der Waals surface area contributed by atoms with Gasteiger partial charge in [0.05, 0.1) is 5.02 Å². The van der Waals surface area contributed by atoms with E-state index in [1.807, 2.05) is 6.07 Å². The summed E-state index contributed by atoms with van der Waals surface area (Å²) in [6.07, 6.45) is 5.14. The van der Waals surface area contributed by atoms with Gasteiger partial charge in [-0.1, -0.05) is 17.7 Å². The Hall–Kier alpha value is -1.13. The average Bonchev–Trinajstić information content (AvgIpc) is 3.36. The van der Waals surface area contributed by atoms with Gasteiger partial charge in [-0.2, -0.15) is 0 Å². The number of benzene rings is 1. The zero-order valence-electron chi connectivity index (χ0n) is 13.2. The maximum absolute atomic E-state index is 13.3. The summed E-state index contributed by atoms with van der Waals surface area (Å²) in [5, 5.41) is 0.195. The molecule has 3 aliphatic rings. The highest BCUT2D eigenvalue weighted by atomic mass is 35.5. The van der Waals surface area contributed by atoms with Gasteiger partial charge in [0.2, 0.25) is 5.91 Å². The minimum absolute atomic E-state index is 0.195. The van der Waals surface area contributed by atoms with Crippen LogP contribution in [-0.2, 0) is 11.3 Å². The molecule has 0 aromatic heterocycles. The molecule has 3 nitrogen and oxygen atoms in total. The van der Waals surface area contributed by atoms with Gasteiger partial charge in [-0.25, -0.2) is 4.39 Å². The van der Waals surface area contributed by atoms with E-state index in [0.717, 1.165) is 38.0 Å². The molecule has 5 heteroatoms. The van der Waals surface area contributed by atoms with Crippen LogP contribution in [0.15, 0.2) is 18.2 Å². The second kappa shape index (κ2) is 6.06. The number of piperidine rings is 2. The predicted octanol–water partition coefficient (Wildman–Crippen LogP) is 3.45. The summed E-state index contributed by atoms with van der Waals surface area (Å²) in [5.41, 5.74) is 1.06. The van der Waals surface area contributed by atoms with Crippen molar-refractivity contribution in [2.45, 2.75) is 50.7 Å². The van der Waals surface area contributed by atoms with Gasteiger partial charge < -0.3 is 4.90 Å². The van der Waals surface area contributed by atoms with Crippen molar-refractivity contribution in [2.75, 3.05) is 13.1 Å². The minimum Gasteiger partial charge on any atom is -0.336 e. The topological polar surface area (TPSA) is 23.6 Å². The molecule has 4 rings (SSSR count). The Bertz CT molecular complexity index is 619. The van der Waals surface area contributed by atoms with E-state index in [1.165, 1.54) is 18.9 Å². The van der Waals surface area contributed by atoms with Crippen molar-refractivity contribution in [1.82, 2.24) is 9.80 Å². The zero-order valence-corrected chi connectivity index (χ0v) is 13.9. The number of halogens is 2. The Kier molecular flexibility index (Phi) is 4.06. The van der Waals surface area contributed by atoms with Gasteiger partial charge in [0.15, 0.2) is 0 Å². The van der Waals surface area contributed by atoms with Crippen molar-refractivity contribution in [3.63, 3.8) is 0 Å². The smallest absolute Gasteiger partial charge is 0.223 e. The second-order valence-corrected chi connectivity index (χ2v) is 7.58. The highest BCUT2D eigenvalue weighted by Gasteiger charge is 2.45. The number of carbonyl (C=O) groups excluding carboxylic acids is 1. The van der Waals surface area contributed by atoms with Crippen molar-refractivity contribution < 1.29 is 9.18 Å². The third-order valence-electron chi connectivity index (χ3n) is 5.48. The number of hydrogen-bond donors (Lipinski definition) is 0. The molecule has 1 aromatic carbocycles. The third-order valence-corrected chi connectivity index (χ3v) is 5.77. The van der Waals surface area contributed by atoms with E-state index in [2.05, 4.69) is 9.80 Å². The quantitative estimate of drug-likeness (QED) is 0.844. The lowest BCUT2D eigenvalue weighted by Crippen LogP contribution is -2.56. The summed E-state index contributed by atoms with van der Waals surface area (Å²) >= 11 is 5.88. The largest absolute Gasteiger partial charge is 0.336 e. The Morgan fingerprint density at radius 1 is 1.22 bits per heavy atom. The Labute approximate surface area is 141 Å². The number of hydrogen-bond acceptors (Lipinski definition) is 2. The molecule has 1 saturated carbocycles. The lowest BCUT2D eigenvalue weighted by molar-refractivity contribution is -0.142. The zero-order chi connectivity index (χ0) is 16.0. The highest BCUT2D eigenvalue weighted by Crippen LogP contribution is 2.39. The Morgan fingerprint density at radius 3 is 2.78 bits per heavy atom.